The topological polar surface area (TPSA) is 68.0 Å². The van der Waals surface area contributed by atoms with Crippen LogP contribution in [0.1, 0.15) is 33.6 Å². The van der Waals surface area contributed by atoms with Gasteiger partial charge in [0.05, 0.1) is 10.9 Å². The fourth-order valence-corrected chi connectivity index (χ4v) is 2.37. The molecule has 1 atom stereocenters. The Bertz CT molecular complexity index is 394. The summed E-state index contributed by atoms with van der Waals surface area (Å²) in [6.45, 7) is 6.02. The SMILES string of the molecule is CCC(CC)NC(=O)C(C)Sc1ncccc1N. The maximum absolute atomic E-state index is 12.0. The first-order chi connectivity index (χ1) is 8.58. The Morgan fingerprint density at radius 2 is 2.17 bits per heavy atom. The van der Waals surface area contributed by atoms with E-state index in [1.54, 1.807) is 18.3 Å². The number of nitrogens with two attached hydrogens (primary N) is 1. The summed E-state index contributed by atoms with van der Waals surface area (Å²) in [6, 6.07) is 3.83. The minimum Gasteiger partial charge on any atom is -0.397 e. The molecule has 100 valence electrons. The van der Waals surface area contributed by atoms with Crippen LogP contribution in [0.25, 0.3) is 0 Å². The molecule has 0 aliphatic heterocycles. The lowest BCUT2D eigenvalue weighted by molar-refractivity contribution is -0.121. The van der Waals surface area contributed by atoms with Crippen molar-refractivity contribution < 1.29 is 4.79 Å². The maximum atomic E-state index is 12.0. The molecule has 1 heterocycles. The lowest BCUT2D eigenvalue weighted by Gasteiger charge is -2.18. The molecular weight excluding hydrogens is 246 g/mol. The standard InChI is InChI=1S/C13H21N3OS/c1-4-10(5-2)16-12(17)9(3)18-13-11(14)7-6-8-15-13/h6-10H,4-5,14H2,1-3H3,(H,16,17). The van der Waals surface area contributed by atoms with Crippen LogP contribution in [0.15, 0.2) is 23.4 Å². The Labute approximate surface area is 113 Å². The number of pyridine rings is 1. The summed E-state index contributed by atoms with van der Waals surface area (Å²) in [6.07, 6.45) is 3.58. The van der Waals surface area contributed by atoms with Crippen molar-refractivity contribution in [1.82, 2.24) is 10.3 Å². The lowest BCUT2D eigenvalue weighted by Crippen LogP contribution is -2.38. The molecule has 1 aromatic heterocycles. The largest absolute Gasteiger partial charge is 0.397 e. The zero-order chi connectivity index (χ0) is 13.5. The number of thioether (sulfide) groups is 1. The molecule has 0 fully saturated rings. The molecule has 0 radical (unpaired) electrons. The van der Waals surface area contributed by atoms with Gasteiger partial charge in [-0.15, -0.1) is 0 Å². The van der Waals surface area contributed by atoms with Gasteiger partial charge in [0.15, 0.2) is 0 Å². The molecule has 0 spiro atoms. The molecule has 0 aliphatic rings. The molecule has 1 unspecified atom stereocenters. The van der Waals surface area contributed by atoms with Gasteiger partial charge in [0, 0.05) is 12.2 Å². The Kier molecular flexibility index (Phi) is 5.98. The van der Waals surface area contributed by atoms with Gasteiger partial charge in [0.25, 0.3) is 0 Å². The molecule has 0 saturated carbocycles. The van der Waals surface area contributed by atoms with Gasteiger partial charge in [0.1, 0.15) is 5.03 Å². The van der Waals surface area contributed by atoms with Gasteiger partial charge >= 0.3 is 0 Å². The average Bonchev–Trinajstić information content (AvgIpc) is 2.38. The number of nitrogen functional groups attached to an aromatic ring is 1. The Morgan fingerprint density at radius 3 is 2.72 bits per heavy atom. The van der Waals surface area contributed by atoms with Crippen LogP contribution >= 0.6 is 11.8 Å². The first-order valence-electron chi connectivity index (χ1n) is 6.26. The number of amides is 1. The summed E-state index contributed by atoms with van der Waals surface area (Å²) in [5, 5.41) is 3.55. The van der Waals surface area contributed by atoms with Crippen molar-refractivity contribution in [1.29, 1.82) is 0 Å². The van der Waals surface area contributed by atoms with Gasteiger partial charge in [-0.1, -0.05) is 25.6 Å². The zero-order valence-electron chi connectivity index (χ0n) is 11.1. The molecule has 0 bridgehead atoms. The highest BCUT2D eigenvalue weighted by atomic mass is 32.2. The molecule has 1 rings (SSSR count). The molecule has 5 heteroatoms. The van der Waals surface area contributed by atoms with Crippen molar-refractivity contribution in [2.75, 3.05) is 5.73 Å². The van der Waals surface area contributed by atoms with Gasteiger partial charge in [-0.05, 0) is 31.9 Å². The number of hydrogen-bond acceptors (Lipinski definition) is 4. The molecule has 0 aliphatic carbocycles. The zero-order valence-corrected chi connectivity index (χ0v) is 12.0. The Balaban J connectivity index is 2.57. The monoisotopic (exact) mass is 267 g/mol. The Morgan fingerprint density at radius 1 is 1.50 bits per heavy atom. The van der Waals surface area contributed by atoms with Crippen molar-refractivity contribution in [3.8, 4) is 0 Å². The number of carbonyl (C=O) groups is 1. The average molecular weight is 267 g/mol. The minimum atomic E-state index is -0.192. The highest BCUT2D eigenvalue weighted by Gasteiger charge is 2.18. The number of carbonyl (C=O) groups excluding carboxylic acids is 1. The van der Waals surface area contributed by atoms with Gasteiger partial charge in [-0.25, -0.2) is 4.98 Å². The van der Waals surface area contributed by atoms with Crippen molar-refractivity contribution in [3.05, 3.63) is 18.3 Å². The second-order valence-corrected chi connectivity index (χ2v) is 5.51. The van der Waals surface area contributed by atoms with E-state index in [9.17, 15) is 4.79 Å². The quantitative estimate of drug-likeness (QED) is 0.777. The van der Waals surface area contributed by atoms with E-state index in [0.29, 0.717) is 10.7 Å². The molecule has 0 saturated heterocycles. The van der Waals surface area contributed by atoms with E-state index in [1.165, 1.54) is 11.8 Å². The number of anilines is 1. The number of aromatic nitrogens is 1. The molecule has 4 nitrogen and oxygen atoms in total. The van der Waals surface area contributed by atoms with Gasteiger partial charge in [-0.2, -0.15) is 0 Å². The highest BCUT2D eigenvalue weighted by Crippen LogP contribution is 2.26. The minimum absolute atomic E-state index is 0.0405. The number of nitrogens with one attached hydrogen (secondary N) is 1. The lowest BCUT2D eigenvalue weighted by atomic mass is 10.2. The third-order valence-electron chi connectivity index (χ3n) is 2.79. The molecule has 1 aromatic rings. The molecule has 0 aromatic carbocycles. The van der Waals surface area contributed by atoms with Crippen LogP contribution in [-0.2, 0) is 4.79 Å². The predicted molar refractivity (Wildman–Crippen MR) is 76.5 cm³/mol. The third kappa shape index (κ3) is 4.22. The van der Waals surface area contributed by atoms with Crippen molar-refractivity contribution in [2.24, 2.45) is 0 Å². The van der Waals surface area contributed by atoms with Crippen LogP contribution in [-0.4, -0.2) is 22.2 Å². The van der Waals surface area contributed by atoms with E-state index in [4.69, 9.17) is 5.73 Å². The van der Waals surface area contributed by atoms with Crippen LogP contribution in [0, 0.1) is 0 Å². The summed E-state index contributed by atoms with van der Waals surface area (Å²) >= 11 is 1.39. The van der Waals surface area contributed by atoms with Crippen molar-refractivity contribution >= 4 is 23.4 Å². The fraction of sp³-hybridized carbons (Fsp3) is 0.538. The third-order valence-corrected chi connectivity index (χ3v) is 3.92. The summed E-state index contributed by atoms with van der Waals surface area (Å²) in [5.74, 6) is 0.0405. The van der Waals surface area contributed by atoms with Crippen LogP contribution in [0.5, 0.6) is 0 Å². The van der Waals surface area contributed by atoms with Gasteiger partial charge < -0.3 is 11.1 Å². The number of nitrogens with zero attached hydrogens (tertiary/aromatic N) is 1. The normalized spacial score (nSPS) is 12.4. The molecule has 3 N–H and O–H groups in total. The van der Waals surface area contributed by atoms with Gasteiger partial charge in [0.2, 0.25) is 5.91 Å². The van der Waals surface area contributed by atoms with Crippen LogP contribution < -0.4 is 11.1 Å². The van der Waals surface area contributed by atoms with E-state index < -0.39 is 0 Å². The van der Waals surface area contributed by atoms with E-state index in [1.807, 2.05) is 6.92 Å². The van der Waals surface area contributed by atoms with E-state index >= 15 is 0 Å². The smallest absolute Gasteiger partial charge is 0.233 e. The maximum Gasteiger partial charge on any atom is 0.233 e. The highest BCUT2D eigenvalue weighted by molar-refractivity contribution is 8.00. The van der Waals surface area contributed by atoms with Crippen molar-refractivity contribution in [2.45, 2.75) is 49.9 Å². The number of hydrogen-bond donors (Lipinski definition) is 2. The summed E-state index contributed by atoms with van der Waals surface area (Å²) < 4.78 is 0. The molecular formula is C13H21N3OS. The van der Waals surface area contributed by atoms with Crippen LogP contribution in [0.3, 0.4) is 0 Å². The first-order valence-corrected chi connectivity index (χ1v) is 7.13. The summed E-state index contributed by atoms with van der Waals surface area (Å²) in [5.41, 5.74) is 6.42. The van der Waals surface area contributed by atoms with Crippen molar-refractivity contribution in [3.63, 3.8) is 0 Å². The van der Waals surface area contributed by atoms with Crippen LogP contribution in [0.4, 0.5) is 5.69 Å². The summed E-state index contributed by atoms with van der Waals surface area (Å²) in [4.78, 5) is 16.2. The number of rotatable bonds is 6. The summed E-state index contributed by atoms with van der Waals surface area (Å²) in [7, 11) is 0. The molecule has 1 amide bonds. The van der Waals surface area contributed by atoms with E-state index in [0.717, 1.165) is 12.8 Å². The fourth-order valence-electron chi connectivity index (χ4n) is 1.53. The van der Waals surface area contributed by atoms with E-state index in [-0.39, 0.29) is 17.2 Å². The van der Waals surface area contributed by atoms with E-state index in [2.05, 4.69) is 24.1 Å². The van der Waals surface area contributed by atoms with Crippen LogP contribution in [0.2, 0.25) is 0 Å². The second-order valence-electron chi connectivity index (χ2n) is 4.18. The van der Waals surface area contributed by atoms with Gasteiger partial charge in [-0.3, -0.25) is 4.79 Å². The first kappa shape index (κ1) is 14.8. The Hall–Kier alpha value is -1.23. The second kappa shape index (κ2) is 7.26. The predicted octanol–water partition coefficient (Wildman–Crippen LogP) is 2.45. The molecule has 18 heavy (non-hydrogen) atoms.